The average molecular weight is 388 g/mol. The van der Waals surface area contributed by atoms with Gasteiger partial charge in [-0.15, -0.1) is 11.3 Å². The minimum atomic E-state index is -0.0791. The lowest BCUT2D eigenvalue weighted by Crippen LogP contribution is -2.50. The molecule has 0 radical (unpaired) electrons. The molecule has 27 heavy (non-hydrogen) atoms. The molecule has 1 aromatic carbocycles. The number of rotatable bonds is 7. The van der Waals surface area contributed by atoms with E-state index in [9.17, 15) is 9.59 Å². The Kier molecular flexibility index (Phi) is 6.84. The molecule has 2 aromatic rings. The van der Waals surface area contributed by atoms with Crippen LogP contribution in [0.2, 0.25) is 0 Å². The fourth-order valence-electron chi connectivity index (χ4n) is 3.03. The number of thiophene rings is 1. The molecule has 1 aliphatic heterocycles. The second kappa shape index (κ2) is 9.53. The number of carbonyl (C=O) groups excluding carboxylic acids is 2. The molecular weight excluding hydrogens is 362 g/mol. The molecule has 0 saturated carbocycles. The minimum Gasteiger partial charge on any atom is -0.494 e. The lowest BCUT2D eigenvalue weighted by Gasteiger charge is -2.34. The number of amides is 2. The Balaban J connectivity index is 1.37. The Labute approximate surface area is 163 Å². The first-order valence-corrected chi connectivity index (χ1v) is 10.1. The predicted octanol–water partition coefficient (Wildman–Crippen LogP) is 2.33. The van der Waals surface area contributed by atoms with Crippen molar-refractivity contribution in [2.45, 2.75) is 6.92 Å². The van der Waals surface area contributed by atoms with Gasteiger partial charge in [-0.2, -0.15) is 0 Å². The number of piperazine rings is 1. The molecule has 1 aromatic heterocycles. The number of nitrogens with zero attached hydrogens (tertiary/aromatic N) is 2. The molecule has 2 heterocycles. The van der Waals surface area contributed by atoms with Crippen LogP contribution in [-0.2, 0) is 0 Å². The van der Waals surface area contributed by atoms with Crippen LogP contribution in [-0.4, -0.2) is 67.5 Å². The van der Waals surface area contributed by atoms with Crippen LogP contribution in [0.5, 0.6) is 5.75 Å². The van der Waals surface area contributed by atoms with Crippen LogP contribution < -0.4 is 10.1 Å². The number of carbonyl (C=O) groups is 2. The predicted molar refractivity (Wildman–Crippen MR) is 107 cm³/mol. The first-order valence-electron chi connectivity index (χ1n) is 9.23. The molecule has 144 valence electrons. The van der Waals surface area contributed by atoms with E-state index in [0.717, 1.165) is 43.4 Å². The highest BCUT2D eigenvalue weighted by atomic mass is 32.1. The largest absolute Gasteiger partial charge is 0.494 e. The second-order valence-corrected chi connectivity index (χ2v) is 7.27. The fraction of sp³-hybridized carbons (Fsp3) is 0.400. The fourth-order valence-corrected chi connectivity index (χ4v) is 3.72. The van der Waals surface area contributed by atoms with E-state index in [2.05, 4.69) is 10.2 Å². The van der Waals surface area contributed by atoms with Crippen molar-refractivity contribution in [3.05, 3.63) is 52.2 Å². The van der Waals surface area contributed by atoms with Gasteiger partial charge in [-0.25, -0.2) is 0 Å². The molecule has 1 saturated heterocycles. The number of hydrogen-bond donors (Lipinski definition) is 1. The molecule has 0 spiro atoms. The van der Waals surface area contributed by atoms with Crippen LogP contribution in [0.4, 0.5) is 0 Å². The highest BCUT2D eigenvalue weighted by molar-refractivity contribution is 7.12. The normalized spacial score (nSPS) is 14.8. The first kappa shape index (κ1) is 19.4. The summed E-state index contributed by atoms with van der Waals surface area (Å²) in [7, 11) is 0. The van der Waals surface area contributed by atoms with Crippen molar-refractivity contribution in [3.8, 4) is 5.75 Å². The Morgan fingerprint density at radius 1 is 1.11 bits per heavy atom. The molecule has 0 aliphatic carbocycles. The Morgan fingerprint density at radius 3 is 2.48 bits per heavy atom. The molecular formula is C20H25N3O3S. The zero-order chi connectivity index (χ0) is 19.1. The third kappa shape index (κ3) is 5.30. The van der Waals surface area contributed by atoms with Crippen molar-refractivity contribution in [3.63, 3.8) is 0 Å². The molecule has 1 N–H and O–H groups in total. The minimum absolute atomic E-state index is 0.0791. The topological polar surface area (TPSA) is 61.9 Å². The highest BCUT2D eigenvalue weighted by Crippen LogP contribution is 2.14. The van der Waals surface area contributed by atoms with Gasteiger partial charge in [-0.3, -0.25) is 14.5 Å². The molecule has 1 aliphatic rings. The van der Waals surface area contributed by atoms with Gasteiger partial charge in [0.2, 0.25) is 0 Å². The molecule has 0 bridgehead atoms. The van der Waals surface area contributed by atoms with Crippen LogP contribution in [0.3, 0.4) is 0 Å². The van der Waals surface area contributed by atoms with E-state index in [-0.39, 0.29) is 11.8 Å². The van der Waals surface area contributed by atoms with Gasteiger partial charge < -0.3 is 15.0 Å². The quantitative estimate of drug-likeness (QED) is 0.792. The van der Waals surface area contributed by atoms with Crippen molar-refractivity contribution in [1.82, 2.24) is 15.1 Å². The van der Waals surface area contributed by atoms with Gasteiger partial charge in [-0.05, 0) is 42.6 Å². The summed E-state index contributed by atoms with van der Waals surface area (Å²) in [4.78, 5) is 29.5. The summed E-state index contributed by atoms with van der Waals surface area (Å²) in [6, 6.07) is 10.9. The van der Waals surface area contributed by atoms with E-state index in [1.807, 2.05) is 41.5 Å². The van der Waals surface area contributed by atoms with Crippen LogP contribution in [0, 0.1) is 0 Å². The summed E-state index contributed by atoms with van der Waals surface area (Å²) in [6.07, 6.45) is 0. The van der Waals surface area contributed by atoms with Gasteiger partial charge >= 0.3 is 0 Å². The maximum absolute atomic E-state index is 12.3. The van der Waals surface area contributed by atoms with E-state index in [0.29, 0.717) is 18.7 Å². The highest BCUT2D eigenvalue weighted by Gasteiger charge is 2.22. The second-order valence-electron chi connectivity index (χ2n) is 6.32. The molecule has 0 unspecified atom stereocenters. The van der Waals surface area contributed by atoms with E-state index < -0.39 is 0 Å². The third-order valence-electron chi connectivity index (χ3n) is 4.53. The van der Waals surface area contributed by atoms with Crippen molar-refractivity contribution in [2.75, 3.05) is 45.9 Å². The molecule has 1 fully saturated rings. The first-order chi connectivity index (χ1) is 13.2. The molecule has 0 atom stereocenters. The van der Waals surface area contributed by atoms with Gasteiger partial charge in [-0.1, -0.05) is 6.07 Å². The maximum Gasteiger partial charge on any atom is 0.264 e. The summed E-state index contributed by atoms with van der Waals surface area (Å²) in [6.45, 7) is 7.02. The summed E-state index contributed by atoms with van der Waals surface area (Å²) in [5.41, 5.74) is 0.629. The molecule has 7 heteroatoms. The molecule has 2 amide bonds. The zero-order valence-electron chi connectivity index (χ0n) is 15.5. The van der Waals surface area contributed by atoms with Gasteiger partial charge in [0.05, 0.1) is 11.5 Å². The van der Waals surface area contributed by atoms with Crippen molar-refractivity contribution in [1.29, 1.82) is 0 Å². The van der Waals surface area contributed by atoms with Crippen LogP contribution in [0.15, 0.2) is 41.8 Å². The van der Waals surface area contributed by atoms with Crippen molar-refractivity contribution < 1.29 is 14.3 Å². The SMILES string of the molecule is CCOc1ccc(C(=O)NCCN2CCN(C(=O)c3cccs3)CC2)cc1. The smallest absolute Gasteiger partial charge is 0.264 e. The van der Waals surface area contributed by atoms with Gasteiger partial charge in [0.25, 0.3) is 11.8 Å². The zero-order valence-corrected chi connectivity index (χ0v) is 16.3. The summed E-state index contributed by atoms with van der Waals surface area (Å²) in [5.74, 6) is 0.807. The van der Waals surface area contributed by atoms with E-state index >= 15 is 0 Å². The lowest BCUT2D eigenvalue weighted by atomic mass is 10.2. The van der Waals surface area contributed by atoms with E-state index in [1.165, 1.54) is 11.3 Å². The Hall–Kier alpha value is -2.38. The number of nitrogens with one attached hydrogen (secondary N) is 1. The number of ether oxygens (including phenoxy) is 1. The van der Waals surface area contributed by atoms with Gasteiger partial charge in [0.1, 0.15) is 5.75 Å². The molecule has 3 rings (SSSR count). The van der Waals surface area contributed by atoms with Crippen LogP contribution >= 0.6 is 11.3 Å². The van der Waals surface area contributed by atoms with Crippen LogP contribution in [0.1, 0.15) is 27.0 Å². The average Bonchev–Trinajstić information content (AvgIpc) is 3.23. The summed E-state index contributed by atoms with van der Waals surface area (Å²) in [5, 5.41) is 4.88. The molecule has 6 nitrogen and oxygen atoms in total. The number of benzene rings is 1. The lowest BCUT2D eigenvalue weighted by molar-refractivity contribution is 0.0643. The van der Waals surface area contributed by atoms with Gasteiger partial charge in [0.15, 0.2) is 0 Å². The Bertz CT molecular complexity index is 738. The standard InChI is InChI=1S/C20H25N3O3S/c1-2-26-17-7-5-16(6-8-17)19(24)21-9-10-22-11-13-23(14-12-22)20(25)18-4-3-15-27-18/h3-8,15H,2,9-14H2,1H3,(H,21,24). The van der Waals surface area contributed by atoms with Gasteiger partial charge in [0, 0.05) is 44.8 Å². The Morgan fingerprint density at radius 2 is 1.85 bits per heavy atom. The maximum atomic E-state index is 12.3. The number of hydrogen-bond acceptors (Lipinski definition) is 5. The van der Waals surface area contributed by atoms with Crippen LogP contribution in [0.25, 0.3) is 0 Å². The third-order valence-corrected chi connectivity index (χ3v) is 5.39. The van der Waals surface area contributed by atoms with Crippen molar-refractivity contribution >= 4 is 23.2 Å². The van der Waals surface area contributed by atoms with E-state index in [4.69, 9.17) is 4.74 Å². The summed E-state index contributed by atoms with van der Waals surface area (Å²) >= 11 is 1.48. The van der Waals surface area contributed by atoms with E-state index in [1.54, 1.807) is 12.1 Å². The van der Waals surface area contributed by atoms with Crippen molar-refractivity contribution in [2.24, 2.45) is 0 Å². The summed E-state index contributed by atoms with van der Waals surface area (Å²) < 4.78 is 5.38. The monoisotopic (exact) mass is 387 g/mol.